The normalized spacial score (nSPS) is 12.6. The van der Waals surface area contributed by atoms with Gasteiger partial charge in [0.1, 0.15) is 5.75 Å². The predicted octanol–water partition coefficient (Wildman–Crippen LogP) is 2.91. The monoisotopic (exact) mass is 340 g/mol. The Morgan fingerprint density at radius 1 is 1.32 bits per heavy atom. The van der Waals surface area contributed by atoms with E-state index in [9.17, 15) is 9.59 Å². The van der Waals surface area contributed by atoms with Crippen molar-refractivity contribution in [1.29, 1.82) is 0 Å². The van der Waals surface area contributed by atoms with Gasteiger partial charge >= 0.3 is 0 Å². The van der Waals surface area contributed by atoms with Crippen LogP contribution < -0.4 is 20.1 Å². The van der Waals surface area contributed by atoms with Gasteiger partial charge in [0.25, 0.3) is 5.91 Å². The maximum atomic E-state index is 12.4. The molecule has 3 rings (SSSR count). The molecular weight excluding hydrogens is 320 g/mol. The summed E-state index contributed by atoms with van der Waals surface area (Å²) < 4.78 is 10.8. The molecule has 6 nitrogen and oxygen atoms in total. The second-order valence-electron chi connectivity index (χ2n) is 5.89. The molecule has 2 N–H and O–H groups in total. The summed E-state index contributed by atoms with van der Waals surface area (Å²) in [5.74, 6) is 0.941. The lowest BCUT2D eigenvalue weighted by atomic mass is 10.1. The smallest absolute Gasteiger partial charge is 0.262 e. The van der Waals surface area contributed by atoms with Gasteiger partial charge in [0, 0.05) is 6.42 Å². The Kier molecular flexibility index (Phi) is 4.88. The van der Waals surface area contributed by atoms with Gasteiger partial charge in [-0.3, -0.25) is 9.59 Å². The van der Waals surface area contributed by atoms with E-state index < -0.39 is 0 Å². The summed E-state index contributed by atoms with van der Waals surface area (Å²) in [7, 11) is 1.61. The largest absolute Gasteiger partial charge is 0.496 e. The number of hydrogen-bond acceptors (Lipinski definition) is 4. The van der Waals surface area contributed by atoms with Gasteiger partial charge in [-0.15, -0.1) is 0 Å². The number of methoxy groups -OCH3 is 1. The quantitative estimate of drug-likeness (QED) is 0.877. The summed E-state index contributed by atoms with van der Waals surface area (Å²) in [6, 6.07) is 11.3. The number of carbonyl (C=O) groups is 2. The summed E-state index contributed by atoms with van der Waals surface area (Å²) in [6.45, 7) is 1.84. The highest BCUT2D eigenvalue weighted by Gasteiger charge is 2.21. The maximum Gasteiger partial charge on any atom is 0.262 e. The topological polar surface area (TPSA) is 76.7 Å². The average molecular weight is 340 g/mol. The summed E-state index contributed by atoms with van der Waals surface area (Å²) >= 11 is 0. The fraction of sp³-hybridized carbons (Fsp3) is 0.263. The Labute approximate surface area is 146 Å². The fourth-order valence-electron chi connectivity index (χ4n) is 2.81. The molecule has 1 aliphatic rings. The zero-order valence-corrected chi connectivity index (χ0v) is 14.2. The van der Waals surface area contributed by atoms with Crippen LogP contribution in [0.2, 0.25) is 0 Å². The minimum Gasteiger partial charge on any atom is -0.496 e. The number of carbonyl (C=O) groups excluding carboxylic acids is 2. The van der Waals surface area contributed by atoms with Crippen LogP contribution in [0.1, 0.15) is 17.5 Å². The molecule has 1 aliphatic heterocycles. The van der Waals surface area contributed by atoms with E-state index in [0.29, 0.717) is 30.0 Å². The van der Waals surface area contributed by atoms with Crippen molar-refractivity contribution in [3.8, 4) is 11.5 Å². The van der Waals surface area contributed by atoms with E-state index in [1.165, 1.54) is 0 Å². The molecule has 2 amide bonds. The van der Waals surface area contributed by atoms with Crippen molar-refractivity contribution in [3.63, 3.8) is 0 Å². The minimum atomic E-state index is -0.202. The van der Waals surface area contributed by atoms with Gasteiger partial charge in [-0.1, -0.05) is 18.2 Å². The number of anilines is 2. The molecule has 2 aromatic rings. The Morgan fingerprint density at radius 3 is 2.92 bits per heavy atom. The molecule has 0 aliphatic carbocycles. The first-order valence-electron chi connectivity index (χ1n) is 8.06. The molecular formula is C19H20N2O4. The van der Waals surface area contributed by atoms with Crippen molar-refractivity contribution in [2.75, 3.05) is 24.4 Å². The Bertz CT molecular complexity index is 817. The van der Waals surface area contributed by atoms with Gasteiger partial charge in [0.15, 0.2) is 12.4 Å². The van der Waals surface area contributed by atoms with Gasteiger partial charge < -0.3 is 20.1 Å². The van der Waals surface area contributed by atoms with E-state index in [1.807, 2.05) is 43.3 Å². The van der Waals surface area contributed by atoms with E-state index in [-0.39, 0.29) is 18.4 Å². The van der Waals surface area contributed by atoms with Crippen molar-refractivity contribution in [2.24, 2.45) is 0 Å². The van der Waals surface area contributed by atoms with E-state index >= 15 is 0 Å². The van der Waals surface area contributed by atoms with Crippen LogP contribution in [0.3, 0.4) is 0 Å². The summed E-state index contributed by atoms with van der Waals surface area (Å²) in [6.07, 6.45) is 0.886. The third kappa shape index (κ3) is 3.91. The SMILES string of the molecule is COc1ccccc1CCC(=O)Nc1cc(C)cc2c1OCC(=O)N2. The number of aryl methyl sites for hydroxylation is 2. The van der Waals surface area contributed by atoms with Crippen LogP contribution in [0.15, 0.2) is 36.4 Å². The van der Waals surface area contributed by atoms with Crippen molar-refractivity contribution in [2.45, 2.75) is 19.8 Å². The number of nitrogens with one attached hydrogen (secondary N) is 2. The molecule has 0 aromatic heterocycles. The fourth-order valence-corrected chi connectivity index (χ4v) is 2.81. The van der Waals surface area contributed by atoms with Crippen LogP contribution in [0.5, 0.6) is 11.5 Å². The highest BCUT2D eigenvalue weighted by atomic mass is 16.5. The standard InChI is InChI=1S/C19H20N2O4/c1-12-9-14(19-15(10-12)21-18(23)11-25-19)20-17(22)8-7-13-5-3-4-6-16(13)24-2/h3-6,9-10H,7-8,11H2,1-2H3,(H,20,22)(H,21,23). The van der Waals surface area contributed by atoms with Crippen molar-refractivity contribution < 1.29 is 19.1 Å². The lowest BCUT2D eigenvalue weighted by Crippen LogP contribution is -2.26. The molecule has 130 valence electrons. The number of amides is 2. The number of fused-ring (bicyclic) bond motifs is 1. The van der Waals surface area contributed by atoms with E-state index in [4.69, 9.17) is 9.47 Å². The highest BCUT2D eigenvalue weighted by molar-refractivity contribution is 6.00. The maximum absolute atomic E-state index is 12.4. The van der Waals surface area contributed by atoms with Crippen molar-refractivity contribution in [3.05, 3.63) is 47.5 Å². The minimum absolute atomic E-state index is 0.0554. The zero-order valence-electron chi connectivity index (χ0n) is 14.2. The first kappa shape index (κ1) is 16.8. The molecule has 0 bridgehead atoms. The van der Waals surface area contributed by atoms with E-state index in [1.54, 1.807) is 7.11 Å². The summed E-state index contributed by atoms with van der Waals surface area (Å²) in [4.78, 5) is 23.8. The molecule has 0 unspecified atom stereocenters. The second kappa shape index (κ2) is 7.25. The van der Waals surface area contributed by atoms with E-state index in [2.05, 4.69) is 10.6 Å². The number of ether oxygens (including phenoxy) is 2. The average Bonchev–Trinajstić information content (AvgIpc) is 2.59. The molecule has 0 atom stereocenters. The summed E-state index contributed by atoms with van der Waals surface area (Å²) in [5, 5.41) is 5.63. The van der Waals surface area contributed by atoms with Crippen LogP contribution in [0.25, 0.3) is 0 Å². The van der Waals surface area contributed by atoms with E-state index in [0.717, 1.165) is 16.9 Å². The van der Waals surface area contributed by atoms with Crippen LogP contribution in [0.4, 0.5) is 11.4 Å². The van der Waals surface area contributed by atoms with Gasteiger partial charge in [0.2, 0.25) is 5.91 Å². The molecule has 6 heteroatoms. The van der Waals surface area contributed by atoms with Gasteiger partial charge in [-0.25, -0.2) is 0 Å². The molecule has 1 heterocycles. The Balaban J connectivity index is 1.70. The van der Waals surface area contributed by atoms with Crippen LogP contribution >= 0.6 is 0 Å². The third-order valence-electron chi connectivity index (χ3n) is 3.94. The molecule has 0 saturated carbocycles. The molecule has 0 spiro atoms. The second-order valence-corrected chi connectivity index (χ2v) is 5.89. The Hall–Kier alpha value is -3.02. The number of hydrogen-bond donors (Lipinski definition) is 2. The third-order valence-corrected chi connectivity index (χ3v) is 3.94. The van der Waals surface area contributed by atoms with Gasteiger partial charge in [0.05, 0.1) is 18.5 Å². The first-order chi connectivity index (χ1) is 12.1. The predicted molar refractivity (Wildman–Crippen MR) is 95.2 cm³/mol. The van der Waals surface area contributed by atoms with Gasteiger partial charge in [-0.05, 0) is 42.7 Å². The first-order valence-corrected chi connectivity index (χ1v) is 8.06. The zero-order chi connectivity index (χ0) is 17.8. The van der Waals surface area contributed by atoms with Crippen LogP contribution in [-0.4, -0.2) is 25.5 Å². The lowest BCUT2D eigenvalue weighted by Gasteiger charge is -2.21. The number of benzene rings is 2. The van der Waals surface area contributed by atoms with Crippen molar-refractivity contribution >= 4 is 23.2 Å². The molecule has 25 heavy (non-hydrogen) atoms. The van der Waals surface area contributed by atoms with Crippen LogP contribution in [0, 0.1) is 6.92 Å². The van der Waals surface area contributed by atoms with Crippen molar-refractivity contribution in [1.82, 2.24) is 0 Å². The van der Waals surface area contributed by atoms with Crippen LogP contribution in [-0.2, 0) is 16.0 Å². The molecule has 2 aromatic carbocycles. The molecule has 0 saturated heterocycles. The van der Waals surface area contributed by atoms with Gasteiger partial charge in [-0.2, -0.15) is 0 Å². The highest BCUT2D eigenvalue weighted by Crippen LogP contribution is 2.37. The summed E-state index contributed by atoms with van der Waals surface area (Å²) in [5.41, 5.74) is 3.05. The Morgan fingerprint density at radius 2 is 2.12 bits per heavy atom. The lowest BCUT2D eigenvalue weighted by molar-refractivity contribution is -0.118. The number of rotatable bonds is 5. The molecule has 0 fully saturated rings. The molecule has 0 radical (unpaired) electrons. The number of para-hydroxylation sites is 1.